The van der Waals surface area contributed by atoms with Gasteiger partial charge in [0.25, 0.3) is 5.91 Å². The third-order valence-corrected chi connectivity index (χ3v) is 5.92. The number of fused-ring (bicyclic) bond motifs is 1. The van der Waals surface area contributed by atoms with E-state index in [0.29, 0.717) is 24.7 Å². The molecule has 1 amide bonds. The normalized spacial score (nSPS) is 15.8. The first kappa shape index (κ1) is 20.1. The maximum atomic E-state index is 12.9. The van der Waals surface area contributed by atoms with Gasteiger partial charge in [-0.2, -0.15) is 0 Å². The number of anilines is 1. The molecule has 1 saturated heterocycles. The predicted octanol–water partition coefficient (Wildman–Crippen LogP) is 5.46. The van der Waals surface area contributed by atoms with Crippen molar-refractivity contribution in [3.63, 3.8) is 0 Å². The number of morpholine rings is 1. The van der Waals surface area contributed by atoms with Gasteiger partial charge in [0, 0.05) is 22.9 Å². The zero-order valence-electron chi connectivity index (χ0n) is 16.7. The summed E-state index contributed by atoms with van der Waals surface area (Å²) in [5.41, 5.74) is 2.46. The molecular formula is C24H21BrN2O4. The van der Waals surface area contributed by atoms with Gasteiger partial charge in [-0.15, -0.1) is 0 Å². The number of hydrogen-bond donors (Lipinski definition) is 1. The van der Waals surface area contributed by atoms with Gasteiger partial charge in [0.2, 0.25) is 0 Å². The zero-order valence-corrected chi connectivity index (χ0v) is 18.3. The molecule has 0 saturated carbocycles. The van der Waals surface area contributed by atoms with E-state index in [2.05, 4.69) is 38.3 Å². The van der Waals surface area contributed by atoms with E-state index in [1.165, 1.54) is 6.26 Å². The van der Waals surface area contributed by atoms with Crippen molar-refractivity contribution in [2.75, 3.05) is 31.6 Å². The summed E-state index contributed by atoms with van der Waals surface area (Å²) in [5, 5.41) is 3.90. The Morgan fingerprint density at radius 3 is 2.65 bits per heavy atom. The van der Waals surface area contributed by atoms with Crippen molar-refractivity contribution < 1.29 is 18.4 Å². The largest absolute Gasteiger partial charge is 0.459 e. The van der Waals surface area contributed by atoms with Crippen LogP contribution in [0.3, 0.4) is 0 Å². The molecule has 1 N–H and O–H groups in total. The SMILES string of the molecule is O=C(Nc1c([C@H](c2cccc(Br)c2)N2CCOCC2)oc2ccccc12)c1ccco1. The van der Waals surface area contributed by atoms with Crippen LogP contribution in [0.15, 0.2) is 80.2 Å². The van der Waals surface area contributed by atoms with Gasteiger partial charge in [-0.05, 0) is 42.0 Å². The van der Waals surface area contributed by atoms with Crippen LogP contribution in [0, 0.1) is 0 Å². The number of benzene rings is 2. The second-order valence-electron chi connectivity index (χ2n) is 7.37. The number of carbonyl (C=O) groups is 1. The molecule has 1 fully saturated rings. The third kappa shape index (κ3) is 4.04. The molecule has 1 aliphatic heterocycles. The fraction of sp³-hybridized carbons (Fsp3) is 0.208. The Morgan fingerprint density at radius 2 is 1.87 bits per heavy atom. The lowest BCUT2D eigenvalue weighted by molar-refractivity contribution is 0.0206. The van der Waals surface area contributed by atoms with Crippen molar-refractivity contribution in [1.29, 1.82) is 0 Å². The van der Waals surface area contributed by atoms with Gasteiger partial charge in [-0.3, -0.25) is 9.69 Å². The Bertz CT molecular complexity index is 1200. The highest BCUT2D eigenvalue weighted by atomic mass is 79.9. The van der Waals surface area contributed by atoms with E-state index < -0.39 is 0 Å². The van der Waals surface area contributed by atoms with E-state index in [4.69, 9.17) is 13.6 Å². The number of nitrogens with one attached hydrogen (secondary N) is 1. The van der Waals surface area contributed by atoms with Gasteiger partial charge in [0.05, 0.1) is 31.2 Å². The van der Waals surface area contributed by atoms with Crippen LogP contribution in [-0.4, -0.2) is 37.1 Å². The van der Waals surface area contributed by atoms with Gasteiger partial charge < -0.3 is 18.9 Å². The molecule has 31 heavy (non-hydrogen) atoms. The molecule has 5 rings (SSSR count). The number of halogens is 1. The van der Waals surface area contributed by atoms with Crippen LogP contribution in [0.25, 0.3) is 11.0 Å². The van der Waals surface area contributed by atoms with Crippen LogP contribution in [0.2, 0.25) is 0 Å². The molecule has 0 unspecified atom stereocenters. The van der Waals surface area contributed by atoms with Gasteiger partial charge in [-0.25, -0.2) is 0 Å². The Kier molecular flexibility index (Phi) is 5.63. The highest BCUT2D eigenvalue weighted by Crippen LogP contribution is 2.41. The molecular weight excluding hydrogens is 460 g/mol. The maximum Gasteiger partial charge on any atom is 0.291 e. The molecule has 7 heteroatoms. The Labute approximate surface area is 187 Å². The first-order chi connectivity index (χ1) is 15.2. The fourth-order valence-corrected chi connectivity index (χ4v) is 4.43. The van der Waals surface area contributed by atoms with Crippen LogP contribution in [0.1, 0.15) is 27.9 Å². The first-order valence-corrected chi connectivity index (χ1v) is 10.9. The summed E-state index contributed by atoms with van der Waals surface area (Å²) in [6.45, 7) is 2.83. The van der Waals surface area contributed by atoms with Gasteiger partial charge >= 0.3 is 0 Å². The molecule has 0 radical (unpaired) electrons. The predicted molar refractivity (Wildman–Crippen MR) is 121 cm³/mol. The van der Waals surface area contributed by atoms with E-state index in [1.54, 1.807) is 12.1 Å². The molecule has 6 nitrogen and oxygen atoms in total. The zero-order chi connectivity index (χ0) is 21.2. The minimum atomic E-state index is -0.312. The summed E-state index contributed by atoms with van der Waals surface area (Å²) < 4.78 is 18.3. The molecule has 0 aliphatic carbocycles. The lowest BCUT2D eigenvalue weighted by atomic mass is 10.0. The smallest absolute Gasteiger partial charge is 0.291 e. The topological polar surface area (TPSA) is 67.9 Å². The number of hydrogen-bond acceptors (Lipinski definition) is 5. The molecule has 2 aromatic heterocycles. The number of rotatable bonds is 5. The fourth-order valence-electron chi connectivity index (χ4n) is 4.01. The minimum absolute atomic E-state index is 0.180. The van der Waals surface area contributed by atoms with E-state index in [1.807, 2.05) is 36.4 Å². The number of ether oxygens (including phenoxy) is 1. The molecule has 1 atom stereocenters. The van der Waals surface area contributed by atoms with E-state index in [9.17, 15) is 4.79 Å². The highest BCUT2D eigenvalue weighted by molar-refractivity contribution is 9.10. The van der Waals surface area contributed by atoms with E-state index in [-0.39, 0.29) is 17.7 Å². The van der Waals surface area contributed by atoms with Crippen molar-refractivity contribution in [2.24, 2.45) is 0 Å². The molecule has 1 aliphatic rings. The summed E-state index contributed by atoms with van der Waals surface area (Å²) in [6, 6.07) is 19.1. The van der Waals surface area contributed by atoms with Crippen LogP contribution < -0.4 is 5.32 Å². The molecule has 3 heterocycles. The summed E-state index contributed by atoms with van der Waals surface area (Å²) in [5.74, 6) is 0.635. The van der Waals surface area contributed by atoms with E-state index in [0.717, 1.165) is 34.1 Å². The summed E-state index contributed by atoms with van der Waals surface area (Å²) in [4.78, 5) is 15.2. The van der Waals surface area contributed by atoms with Crippen molar-refractivity contribution in [2.45, 2.75) is 6.04 Å². The number of furan rings is 2. The van der Waals surface area contributed by atoms with Crippen LogP contribution in [0.4, 0.5) is 5.69 Å². The van der Waals surface area contributed by atoms with Crippen LogP contribution >= 0.6 is 15.9 Å². The standard InChI is InChI=1S/C24H21BrN2O4/c25-17-6-3-5-16(15-17)22(27-10-13-29-14-11-27)23-21(18-7-1-2-8-19(18)31-23)26-24(28)20-9-4-12-30-20/h1-9,12,15,22H,10-11,13-14H2,(H,26,28)/t22-/m0/s1. The van der Waals surface area contributed by atoms with E-state index >= 15 is 0 Å². The lowest BCUT2D eigenvalue weighted by Gasteiger charge is -2.34. The summed E-state index contributed by atoms with van der Waals surface area (Å²) in [6.07, 6.45) is 1.49. The number of para-hydroxylation sites is 1. The minimum Gasteiger partial charge on any atom is -0.459 e. The number of nitrogens with zero attached hydrogens (tertiary/aromatic N) is 1. The van der Waals surface area contributed by atoms with Crippen molar-refractivity contribution in [1.82, 2.24) is 4.90 Å². The maximum absolute atomic E-state index is 12.9. The van der Waals surface area contributed by atoms with Gasteiger partial charge in [0.15, 0.2) is 5.76 Å². The Hall–Kier alpha value is -2.87. The molecule has 158 valence electrons. The Morgan fingerprint density at radius 1 is 1.03 bits per heavy atom. The summed E-state index contributed by atoms with van der Waals surface area (Å²) in [7, 11) is 0. The molecule has 0 bridgehead atoms. The molecule has 4 aromatic rings. The van der Waals surface area contributed by atoms with Gasteiger partial charge in [-0.1, -0.05) is 40.2 Å². The monoisotopic (exact) mass is 480 g/mol. The van der Waals surface area contributed by atoms with Crippen molar-refractivity contribution >= 4 is 38.5 Å². The third-order valence-electron chi connectivity index (χ3n) is 5.43. The number of amides is 1. The van der Waals surface area contributed by atoms with Crippen molar-refractivity contribution in [3.05, 3.63) is 88.5 Å². The molecule has 0 spiro atoms. The Balaban J connectivity index is 1.65. The second-order valence-corrected chi connectivity index (χ2v) is 8.29. The average Bonchev–Trinajstić information content (AvgIpc) is 3.44. The molecule has 2 aromatic carbocycles. The van der Waals surface area contributed by atoms with Crippen LogP contribution in [0.5, 0.6) is 0 Å². The summed E-state index contributed by atoms with van der Waals surface area (Å²) >= 11 is 3.59. The second kappa shape index (κ2) is 8.70. The first-order valence-electron chi connectivity index (χ1n) is 10.1. The quantitative estimate of drug-likeness (QED) is 0.410. The van der Waals surface area contributed by atoms with Crippen molar-refractivity contribution in [3.8, 4) is 0 Å². The van der Waals surface area contributed by atoms with Crippen LogP contribution in [-0.2, 0) is 4.74 Å². The average molecular weight is 481 g/mol. The number of carbonyl (C=O) groups excluding carboxylic acids is 1. The van der Waals surface area contributed by atoms with Gasteiger partial charge in [0.1, 0.15) is 11.3 Å². The lowest BCUT2D eigenvalue weighted by Crippen LogP contribution is -2.39. The highest BCUT2D eigenvalue weighted by Gasteiger charge is 2.31.